The van der Waals surface area contributed by atoms with Gasteiger partial charge in [-0.25, -0.2) is 9.59 Å². The zero-order valence-electron chi connectivity index (χ0n) is 23.2. The molecule has 214 valence electrons. The van der Waals surface area contributed by atoms with E-state index in [0.29, 0.717) is 25.8 Å². The quantitative estimate of drug-likeness (QED) is 0.276. The van der Waals surface area contributed by atoms with Gasteiger partial charge in [0.1, 0.15) is 18.8 Å². The van der Waals surface area contributed by atoms with E-state index < -0.39 is 12.1 Å². The van der Waals surface area contributed by atoms with Crippen molar-refractivity contribution in [2.75, 3.05) is 19.7 Å². The third-order valence-corrected chi connectivity index (χ3v) is 8.35. The van der Waals surface area contributed by atoms with Crippen molar-refractivity contribution in [2.24, 2.45) is 0 Å². The first-order valence-electron chi connectivity index (χ1n) is 14.9. The molecule has 2 atom stereocenters. The van der Waals surface area contributed by atoms with Crippen LogP contribution in [-0.2, 0) is 19.1 Å². The number of esters is 1. The highest BCUT2D eigenvalue weighted by molar-refractivity contribution is 5.87. The Bertz CT molecular complexity index is 1130. The second kappa shape index (κ2) is 13.8. The van der Waals surface area contributed by atoms with E-state index in [1.807, 2.05) is 24.3 Å². The molecule has 8 heteroatoms. The van der Waals surface area contributed by atoms with Crippen molar-refractivity contribution < 1.29 is 23.9 Å². The largest absolute Gasteiger partial charge is 0.461 e. The number of amides is 2. The van der Waals surface area contributed by atoms with Crippen LogP contribution in [0.15, 0.2) is 48.5 Å². The van der Waals surface area contributed by atoms with Crippen LogP contribution in [0, 0.1) is 0 Å². The predicted molar refractivity (Wildman–Crippen MR) is 153 cm³/mol. The van der Waals surface area contributed by atoms with Crippen molar-refractivity contribution in [3.63, 3.8) is 0 Å². The first-order valence-corrected chi connectivity index (χ1v) is 14.9. The molecule has 1 saturated heterocycles. The summed E-state index contributed by atoms with van der Waals surface area (Å²) in [7, 11) is 0. The van der Waals surface area contributed by atoms with Crippen molar-refractivity contribution in [3.05, 3.63) is 59.7 Å². The molecule has 3 aliphatic rings. The summed E-state index contributed by atoms with van der Waals surface area (Å²) >= 11 is 0. The standard InChI is InChI=1S/C32H41N3O5/c36-30(28-18-10-20-33-28)35-29(31(37)40-22-11-2-1-3-12-22)17-8-9-19-34-32(38)39-21-27-25-15-6-4-13-23(25)24-14-5-7-16-26(24)27/h4-7,13-16,22,27-29,33H,1-3,8-12,17-21H2,(H,34,38)(H,35,36)/t28-,29+/m1/s1. The Balaban J connectivity index is 1.06. The minimum atomic E-state index is -0.675. The fourth-order valence-corrected chi connectivity index (χ4v) is 6.17. The van der Waals surface area contributed by atoms with Crippen LogP contribution in [0.3, 0.4) is 0 Å². The van der Waals surface area contributed by atoms with E-state index in [1.54, 1.807) is 0 Å². The fraction of sp³-hybridized carbons (Fsp3) is 0.531. The summed E-state index contributed by atoms with van der Waals surface area (Å²) in [6.07, 6.45) is 8.12. The lowest BCUT2D eigenvalue weighted by molar-refractivity contribution is -0.154. The van der Waals surface area contributed by atoms with Crippen LogP contribution in [0.1, 0.15) is 81.3 Å². The van der Waals surface area contributed by atoms with Crippen LogP contribution in [0.2, 0.25) is 0 Å². The minimum Gasteiger partial charge on any atom is -0.461 e. The SMILES string of the molecule is O=C(NCCCC[C@H](NC(=O)[C@H]1CCCN1)C(=O)OC1CCCCC1)OCC1c2ccccc2-c2ccccc21. The van der Waals surface area contributed by atoms with Crippen LogP contribution < -0.4 is 16.0 Å². The maximum Gasteiger partial charge on any atom is 0.407 e. The first-order chi connectivity index (χ1) is 19.6. The number of ether oxygens (including phenoxy) is 2. The van der Waals surface area contributed by atoms with E-state index in [1.165, 1.54) is 28.7 Å². The summed E-state index contributed by atoms with van der Waals surface area (Å²) in [4.78, 5) is 38.2. The van der Waals surface area contributed by atoms with Crippen LogP contribution in [0.4, 0.5) is 4.79 Å². The normalized spacial score (nSPS) is 19.4. The Morgan fingerprint density at radius 2 is 1.57 bits per heavy atom. The molecule has 0 aromatic heterocycles. The van der Waals surface area contributed by atoms with Gasteiger partial charge in [-0.15, -0.1) is 0 Å². The van der Waals surface area contributed by atoms with Crippen LogP contribution in [-0.4, -0.2) is 55.9 Å². The molecule has 2 aromatic rings. The Morgan fingerprint density at radius 1 is 0.875 bits per heavy atom. The number of unbranched alkanes of at least 4 members (excludes halogenated alkanes) is 1. The number of benzene rings is 2. The van der Waals surface area contributed by atoms with Gasteiger partial charge in [-0.2, -0.15) is 0 Å². The Hall–Kier alpha value is -3.39. The van der Waals surface area contributed by atoms with Crippen LogP contribution in [0.5, 0.6) is 0 Å². The van der Waals surface area contributed by atoms with E-state index in [-0.39, 0.29) is 36.5 Å². The minimum absolute atomic E-state index is 0.0204. The second-order valence-electron chi connectivity index (χ2n) is 11.2. The van der Waals surface area contributed by atoms with Gasteiger partial charge in [-0.3, -0.25) is 4.79 Å². The second-order valence-corrected chi connectivity index (χ2v) is 11.2. The first kappa shape index (κ1) is 28.1. The van der Waals surface area contributed by atoms with E-state index >= 15 is 0 Å². The van der Waals surface area contributed by atoms with Gasteiger partial charge >= 0.3 is 12.1 Å². The van der Waals surface area contributed by atoms with Crippen LogP contribution >= 0.6 is 0 Å². The summed E-state index contributed by atoms with van der Waals surface area (Å²) in [5.74, 6) is -0.463. The highest BCUT2D eigenvalue weighted by atomic mass is 16.6. The zero-order chi connectivity index (χ0) is 27.7. The van der Waals surface area contributed by atoms with Gasteiger partial charge in [0.25, 0.3) is 0 Å². The van der Waals surface area contributed by atoms with E-state index in [2.05, 4.69) is 40.2 Å². The molecule has 1 aliphatic heterocycles. The molecular weight excluding hydrogens is 506 g/mol. The molecule has 0 spiro atoms. The number of fused-ring (bicyclic) bond motifs is 3. The Kier molecular flexibility index (Phi) is 9.71. The molecule has 1 heterocycles. The third-order valence-electron chi connectivity index (χ3n) is 8.35. The zero-order valence-corrected chi connectivity index (χ0v) is 23.2. The number of nitrogens with one attached hydrogen (secondary N) is 3. The molecular formula is C32H41N3O5. The maximum atomic E-state index is 13.0. The van der Waals surface area contributed by atoms with Crippen molar-refractivity contribution in [1.29, 1.82) is 0 Å². The lowest BCUT2D eigenvalue weighted by Gasteiger charge is -2.26. The van der Waals surface area contributed by atoms with Crippen molar-refractivity contribution >= 4 is 18.0 Å². The number of rotatable bonds is 11. The topological polar surface area (TPSA) is 106 Å². The van der Waals surface area contributed by atoms with E-state index in [4.69, 9.17) is 9.47 Å². The maximum absolute atomic E-state index is 13.0. The summed E-state index contributed by atoms with van der Waals surface area (Å²) in [5, 5.41) is 8.95. The Labute approximate surface area is 236 Å². The lowest BCUT2D eigenvalue weighted by Crippen LogP contribution is -2.49. The smallest absolute Gasteiger partial charge is 0.407 e. The van der Waals surface area contributed by atoms with Crippen molar-refractivity contribution in [3.8, 4) is 11.1 Å². The van der Waals surface area contributed by atoms with Crippen LogP contribution in [0.25, 0.3) is 11.1 Å². The summed E-state index contributed by atoms with van der Waals surface area (Å²) in [5.41, 5.74) is 4.74. The molecule has 3 N–H and O–H groups in total. The van der Waals surface area contributed by atoms with Crippen molar-refractivity contribution in [1.82, 2.24) is 16.0 Å². The molecule has 2 amide bonds. The van der Waals surface area contributed by atoms with Gasteiger partial charge in [0, 0.05) is 12.5 Å². The number of hydrogen-bond donors (Lipinski definition) is 3. The predicted octanol–water partition coefficient (Wildman–Crippen LogP) is 4.81. The Morgan fingerprint density at radius 3 is 2.25 bits per heavy atom. The lowest BCUT2D eigenvalue weighted by atomic mass is 9.97. The number of carbonyl (C=O) groups excluding carboxylic acids is 3. The summed E-state index contributed by atoms with van der Waals surface area (Å²) in [6, 6.07) is 15.6. The average Bonchev–Trinajstić information content (AvgIpc) is 3.63. The fourth-order valence-electron chi connectivity index (χ4n) is 6.17. The monoisotopic (exact) mass is 547 g/mol. The third kappa shape index (κ3) is 7.02. The van der Waals surface area contributed by atoms with Gasteiger partial charge in [0.2, 0.25) is 5.91 Å². The van der Waals surface area contributed by atoms with Gasteiger partial charge < -0.3 is 25.4 Å². The summed E-state index contributed by atoms with van der Waals surface area (Å²) < 4.78 is 11.4. The van der Waals surface area contributed by atoms with Gasteiger partial charge in [0.15, 0.2) is 0 Å². The highest BCUT2D eigenvalue weighted by Crippen LogP contribution is 2.44. The van der Waals surface area contributed by atoms with Gasteiger partial charge in [-0.05, 0) is 86.6 Å². The van der Waals surface area contributed by atoms with Gasteiger partial charge in [-0.1, -0.05) is 55.0 Å². The molecule has 40 heavy (non-hydrogen) atoms. The van der Waals surface area contributed by atoms with Gasteiger partial charge in [0.05, 0.1) is 6.04 Å². The average molecular weight is 548 g/mol. The molecule has 2 aromatic carbocycles. The van der Waals surface area contributed by atoms with E-state index in [9.17, 15) is 14.4 Å². The number of alkyl carbamates (subject to hydrolysis) is 1. The number of hydrogen-bond acceptors (Lipinski definition) is 6. The number of carbonyl (C=O) groups is 3. The molecule has 0 bridgehead atoms. The molecule has 1 saturated carbocycles. The highest BCUT2D eigenvalue weighted by Gasteiger charge is 2.31. The summed E-state index contributed by atoms with van der Waals surface area (Å²) in [6.45, 7) is 1.52. The molecule has 0 radical (unpaired) electrons. The van der Waals surface area contributed by atoms with Crippen molar-refractivity contribution in [2.45, 2.75) is 88.3 Å². The molecule has 5 rings (SSSR count). The molecule has 0 unspecified atom stereocenters. The van der Waals surface area contributed by atoms with E-state index in [0.717, 1.165) is 45.1 Å². The molecule has 2 fully saturated rings. The molecule has 2 aliphatic carbocycles. The molecule has 8 nitrogen and oxygen atoms in total.